The molecule has 2 heterocycles. The molecule has 0 atom stereocenters. The maximum absolute atomic E-state index is 11.6. The van der Waals surface area contributed by atoms with Gasteiger partial charge in [-0.15, -0.1) is 0 Å². The number of nitrogens with one attached hydrogen (secondary N) is 2. The summed E-state index contributed by atoms with van der Waals surface area (Å²) in [5.41, 5.74) is 1.18. The van der Waals surface area contributed by atoms with Crippen molar-refractivity contribution in [2.24, 2.45) is 0 Å². The third-order valence-corrected chi connectivity index (χ3v) is 3.22. The van der Waals surface area contributed by atoms with E-state index in [-0.39, 0.29) is 18.6 Å². The van der Waals surface area contributed by atoms with Crippen LogP contribution in [-0.4, -0.2) is 43.2 Å². The summed E-state index contributed by atoms with van der Waals surface area (Å²) < 4.78 is 5.59. The Morgan fingerprint density at radius 3 is 2.84 bits per heavy atom. The fourth-order valence-electron chi connectivity index (χ4n) is 2.10. The van der Waals surface area contributed by atoms with Crippen LogP contribution in [0.3, 0.4) is 0 Å². The summed E-state index contributed by atoms with van der Waals surface area (Å²) in [7, 11) is 0. The van der Waals surface area contributed by atoms with E-state index in [0.29, 0.717) is 6.54 Å². The minimum atomic E-state index is -0.0346. The molecule has 0 unspecified atom stereocenters. The minimum absolute atomic E-state index is 0.0346. The lowest BCUT2D eigenvalue weighted by atomic mass is 10.1. The Morgan fingerprint density at radius 2 is 2.11 bits per heavy atom. The Bertz CT molecular complexity index is 378. The Morgan fingerprint density at radius 1 is 1.37 bits per heavy atom. The first-order valence-corrected chi connectivity index (χ1v) is 6.82. The molecule has 0 aromatic carbocycles. The van der Waals surface area contributed by atoms with Gasteiger partial charge in [-0.25, -0.2) is 0 Å². The van der Waals surface area contributed by atoms with Crippen LogP contribution in [0.25, 0.3) is 0 Å². The monoisotopic (exact) mass is 263 g/mol. The van der Waals surface area contributed by atoms with Crippen LogP contribution in [0.2, 0.25) is 0 Å². The zero-order valence-electron chi connectivity index (χ0n) is 11.1. The molecule has 5 heteroatoms. The number of amides is 1. The van der Waals surface area contributed by atoms with E-state index in [1.165, 1.54) is 5.56 Å². The van der Waals surface area contributed by atoms with E-state index < -0.39 is 0 Å². The van der Waals surface area contributed by atoms with Gasteiger partial charge >= 0.3 is 0 Å². The number of piperidine rings is 1. The van der Waals surface area contributed by atoms with Crippen LogP contribution in [0.4, 0.5) is 0 Å². The van der Waals surface area contributed by atoms with Crippen LogP contribution in [0.1, 0.15) is 18.4 Å². The Kier molecular flexibility index (Phi) is 5.78. The SMILES string of the molecule is O=C(COC1CCNCC1)NCCc1ccncc1. The summed E-state index contributed by atoms with van der Waals surface area (Å²) in [6, 6.07) is 3.91. The molecule has 1 aromatic heterocycles. The van der Waals surface area contributed by atoms with Crippen LogP contribution in [0, 0.1) is 0 Å². The minimum Gasteiger partial charge on any atom is -0.368 e. The largest absolute Gasteiger partial charge is 0.368 e. The van der Waals surface area contributed by atoms with Gasteiger partial charge in [0.25, 0.3) is 0 Å². The van der Waals surface area contributed by atoms with Gasteiger partial charge in [0, 0.05) is 18.9 Å². The molecule has 2 N–H and O–H groups in total. The second-order valence-corrected chi connectivity index (χ2v) is 4.72. The van der Waals surface area contributed by atoms with Crippen molar-refractivity contribution in [1.82, 2.24) is 15.6 Å². The van der Waals surface area contributed by atoms with Gasteiger partial charge in [-0.1, -0.05) is 0 Å². The molecule has 1 aliphatic heterocycles. The maximum Gasteiger partial charge on any atom is 0.246 e. The molecule has 0 radical (unpaired) electrons. The number of carbonyl (C=O) groups is 1. The number of hydrogen-bond donors (Lipinski definition) is 2. The van der Waals surface area contributed by atoms with Gasteiger partial charge in [-0.2, -0.15) is 0 Å². The van der Waals surface area contributed by atoms with Crippen molar-refractivity contribution in [3.8, 4) is 0 Å². The molecule has 0 bridgehead atoms. The van der Waals surface area contributed by atoms with Crippen molar-refractivity contribution in [2.45, 2.75) is 25.4 Å². The number of pyridine rings is 1. The van der Waals surface area contributed by atoms with Crippen LogP contribution in [0.5, 0.6) is 0 Å². The fourth-order valence-corrected chi connectivity index (χ4v) is 2.10. The molecule has 1 aromatic rings. The normalized spacial score (nSPS) is 16.2. The lowest BCUT2D eigenvalue weighted by molar-refractivity contribution is -0.128. The summed E-state index contributed by atoms with van der Waals surface area (Å²) in [4.78, 5) is 15.6. The molecule has 1 aliphatic rings. The lowest BCUT2D eigenvalue weighted by Gasteiger charge is -2.22. The van der Waals surface area contributed by atoms with Crippen molar-refractivity contribution in [3.05, 3.63) is 30.1 Å². The predicted molar refractivity (Wildman–Crippen MR) is 72.8 cm³/mol. The summed E-state index contributed by atoms with van der Waals surface area (Å²) in [5, 5.41) is 6.14. The van der Waals surface area contributed by atoms with E-state index in [9.17, 15) is 4.79 Å². The van der Waals surface area contributed by atoms with E-state index >= 15 is 0 Å². The summed E-state index contributed by atoms with van der Waals surface area (Å²) in [6.45, 7) is 2.77. The number of rotatable bonds is 6. The van der Waals surface area contributed by atoms with Crippen LogP contribution in [0.15, 0.2) is 24.5 Å². The molecule has 1 fully saturated rings. The van der Waals surface area contributed by atoms with E-state index in [0.717, 1.165) is 32.4 Å². The van der Waals surface area contributed by atoms with Crippen molar-refractivity contribution >= 4 is 5.91 Å². The molecule has 19 heavy (non-hydrogen) atoms. The molecule has 1 saturated heterocycles. The van der Waals surface area contributed by atoms with E-state index in [4.69, 9.17) is 4.74 Å². The van der Waals surface area contributed by atoms with Crippen LogP contribution >= 0.6 is 0 Å². The molecular weight excluding hydrogens is 242 g/mol. The smallest absolute Gasteiger partial charge is 0.246 e. The van der Waals surface area contributed by atoms with Crippen LogP contribution in [-0.2, 0) is 16.0 Å². The van der Waals surface area contributed by atoms with Gasteiger partial charge in [0.1, 0.15) is 6.61 Å². The van der Waals surface area contributed by atoms with Gasteiger partial charge in [0.05, 0.1) is 6.10 Å². The molecule has 2 rings (SSSR count). The van der Waals surface area contributed by atoms with Crippen molar-refractivity contribution < 1.29 is 9.53 Å². The highest BCUT2D eigenvalue weighted by atomic mass is 16.5. The van der Waals surface area contributed by atoms with E-state index in [1.807, 2.05) is 12.1 Å². The Labute approximate surface area is 113 Å². The van der Waals surface area contributed by atoms with Crippen molar-refractivity contribution in [1.29, 1.82) is 0 Å². The molecule has 1 amide bonds. The third kappa shape index (κ3) is 5.36. The van der Waals surface area contributed by atoms with Gasteiger partial charge in [-0.3, -0.25) is 9.78 Å². The van der Waals surface area contributed by atoms with E-state index in [1.54, 1.807) is 12.4 Å². The average Bonchev–Trinajstić information content (AvgIpc) is 2.47. The molecule has 0 spiro atoms. The second-order valence-electron chi connectivity index (χ2n) is 4.72. The maximum atomic E-state index is 11.6. The number of ether oxygens (including phenoxy) is 1. The zero-order valence-corrected chi connectivity index (χ0v) is 11.1. The molecule has 5 nitrogen and oxygen atoms in total. The third-order valence-electron chi connectivity index (χ3n) is 3.22. The number of aromatic nitrogens is 1. The highest BCUT2D eigenvalue weighted by Crippen LogP contribution is 2.06. The topological polar surface area (TPSA) is 63.2 Å². The first-order valence-electron chi connectivity index (χ1n) is 6.82. The molecule has 0 saturated carbocycles. The number of nitrogens with zero attached hydrogens (tertiary/aromatic N) is 1. The second kappa shape index (κ2) is 7.86. The summed E-state index contributed by atoms with van der Waals surface area (Å²) in [5.74, 6) is -0.0346. The lowest BCUT2D eigenvalue weighted by Crippen LogP contribution is -2.36. The Balaban J connectivity index is 1.57. The number of hydrogen-bond acceptors (Lipinski definition) is 4. The first kappa shape index (κ1) is 14.0. The van der Waals surface area contributed by atoms with Crippen LogP contribution < -0.4 is 10.6 Å². The first-order chi connectivity index (χ1) is 9.34. The molecular formula is C14H21N3O2. The van der Waals surface area contributed by atoms with E-state index in [2.05, 4.69) is 15.6 Å². The Hall–Kier alpha value is -1.46. The van der Waals surface area contributed by atoms with Gasteiger partial charge < -0.3 is 15.4 Å². The van der Waals surface area contributed by atoms with Gasteiger partial charge in [-0.05, 0) is 50.0 Å². The van der Waals surface area contributed by atoms with Gasteiger partial charge in [0.15, 0.2) is 0 Å². The molecule has 0 aliphatic carbocycles. The summed E-state index contributed by atoms with van der Waals surface area (Å²) >= 11 is 0. The van der Waals surface area contributed by atoms with Gasteiger partial charge in [0.2, 0.25) is 5.91 Å². The highest BCUT2D eigenvalue weighted by molar-refractivity contribution is 5.77. The highest BCUT2D eigenvalue weighted by Gasteiger charge is 2.14. The molecule has 104 valence electrons. The van der Waals surface area contributed by atoms with Crippen molar-refractivity contribution in [3.63, 3.8) is 0 Å². The van der Waals surface area contributed by atoms with Crippen molar-refractivity contribution in [2.75, 3.05) is 26.2 Å². The average molecular weight is 263 g/mol. The predicted octanol–water partition coefficient (Wildman–Crippen LogP) is 0.509. The zero-order chi connectivity index (χ0) is 13.3. The summed E-state index contributed by atoms with van der Waals surface area (Å²) in [6.07, 6.45) is 6.55. The standard InChI is InChI=1S/C14H21N3O2/c18-14(11-19-13-4-8-16-9-5-13)17-10-3-12-1-6-15-7-2-12/h1-2,6-7,13,16H,3-5,8-11H2,(H,17,18). The fraction of sp³-hybridized carbons (Fsp3) is 0.571. The number of carbonyl (C=O) groups excluding carboxylic acids is 1. The quantitative estimate of drug-likeness (QED) is 0.785.